The highest BCUT2D eigenvalue weighted by molar-refractivity contribution is 5.37. The third-order valence-corrected chi connectivity index (χ3v) is 3.93. The fourth-order valence-corrected chi connectivity index (χ4v) is 2.81. The molecule has 1 aliphatic carbocycles. The molecular weight excluding hydrogens is 208 g/mol. The highest BCUT2D eigenvalue weighted by atomic mass is 16.3. The van der Waals surface area contributed by atoms with Crippen LogP contribution < -0.4 is 0 Å². The summed E-state index contributed by atoms with van der Waals surface area (Å²) in [6.07, 6.45) is 5.63. The zero-order valence-corrected chi connectivity index (χ0v) is 11.3. The molecule has 17 heavy (non-hydrogen) atoms. The smallest absolute Gasteiger partial charge is 0.0568 e. The van der Waals surface area contributed by atoms with Crippen molar-refractivity contribution in [1.29, 1.82) is 0 Å². The summed E-state index contributed by atoms with van der Waals surface area (Å²) in [6.45, 7) is 6.56. The van der Waals surface area contributed by atoms with Gasteiger partial charge in [-0.25, -0.2) is 0 Å². The van der Waals surface area contributed by atoms with Gasteiger partial charge in [0.2, 0.25) is 0 Å². The predicted octanol–water partition coefficient (Wildman–Crippen LogP) is 3.71. The average molecular weight is 232 g/mol. The lowest BCUT2D eigenvalue weighted by Crippen LogP contribution is -2.09. The molecule has 1 nitrogen and oxygen atoms in total. The van der Waals surface area contributed by atoms with E-state index >= 15 is 0 Å². The van der Waals surface area contributed by atoms with Crippen molar-refractivity contribution < 1.29 is 5.11 Å². The first-order valence-electron chi connectivity index (χ1n) is 6.82. The molecule has 1 aliphatic rings. The maximum atomic E-state index is 9.85. The van der Waals surface area contributed by atoms with E-state index in [1.807, 2.05) is 0 Å². The van der Waals surface area contributed by atoms with Gasteiger partial charge in [0.25, 0.3) is 0 Å². The summed E-state index contributed by atoms with van der Waals surface area (Å²) in [5.74, 6) is 0.621. The van der Waals surface area contributed by atoms with Crippen LogP contribution in [0.5, 0.6) is 0 Å². The van der Waals surface area contributed by atoms with Gasteiger partial charge in [-0.2, -0.15) is 0 Å². The van der Waals surface area contributed by atoms with Crippen molar-refractivity contribution in [2.75, 3.05) is 0 Å². The number of aliphatic hydroxyl groups is 1. The van der Waals surface area contributed by atoms with E-state index in [-0.39, 0.29) is 6.10 Å². The summed E-state index contributed by atoms with van der Waals surface area (Å²) in [7, 11) is 0. The SMILES string of the molecule is Cc1cc(C)c(CCCC(O)C2CC2)c(C)c1. The van der Waals surface area contributed by atoms with Crippen LogP contribution in [0.1, 0.15) is 47.9 Å². The number of hydrogen-bond donors (Lipinski definition) is 1. The molecule has 0 radical (unpaired) electrons. The molecule has 1 fully saturated rings. The second-order valence-corrected chi connectivity index (χ2v) is 5.67. The van der Waals surface area contributed by atoms with Gasteiger partial charge >= 0.3 is 0 Å². The number of rotatable bonds is 5. The highest BCUT2D eigenvalue weighted by Gasteiger charge is 2.28. The van der Waals surface area contributed by atoms with Crippen molar-refractivity contribution in [3.05, 3.63) is 34.4 Å². The third-order valence-electron chi connectivity index (χ3n) is 3.93. The molecule has 0 bridgehead atoms. The van der Waals surface area contributed by atoms with Crippen LogP contribution in [0.3, 0.4) is 0 Å². The molecule has 1 N–H and O–H groups in total. The van der Waals surface area contributed by atoms with E-state index in [4.69, 9.17) is 0 Å². The summed E-state index contributed by atoms with van der Waals surface area (Å²) in [6, 6.07) is 4.53. The lowest BCUT2D eigenvalue weighted by atomic mass is 9.94. The molecule has 0 spiro atoms. The topological polar surface area (TPSA) is 20.2 Å². The van der Waals surface area contributed by atoms with E-state index < -0.39 is 0 Å². The molecule has 1 aromatic carbocycles. The zero-order valence-electron chi connectivity index (χ0n) is 11.3. The van der Waals surface area contributed by atoms with Crippen LogP contribution in [0.15, 0.2) is 12.1 Å². The molecule has 0 aliphatic heterocycles. The van der Waals surface area contributed by atoms with Gasteiger partial charge in [-0.15, -0.1) is 0 Å². The maximum Gasteiger partial charge on any atom is 0.0568 e. The molecule has 94 valence electrons. The largest absolute Gasteiger partial charge is 0.393 e. The van der Waals surface area contributed by atoms with Crippen molar-refractivity contribution in [2.45, 2.75) is 59.0 Å². The van der Waals surface area contributed by atoms with Crippen molar-refractivity contribution in [3.8, 4) is 0 Å². The third kappa shape index (κ3) is 3.32. The Morgan fingerprint density at radius 3 is 2.29 bits per heavy atom. The molecule has 1 unspecified atom stereocenters. The van der Waals surface area contributed by atoms with Crippen LogP contribution in [-0.2, 0) is 6.42 Å². The monoisotopic (exact) mass is 232 g/mol. The highest BCUT2D eigenvalue weighted by Crippen LogP contribution is 2.34. The van der Waals surface area contributed by atoms with Crippen molar-refractivity contribution >= 4 is 0 Å². The van der Waals surface area contributed by atoms with Crippen molar-refractivity contribution in [3.63, 3.8) is 0 Å². The minimum Gasteiger partial charge on any atom is -0.393 e. The van der Waals surface area contributed by atoms with Crippen molar-refractivity contribution in [1.82, 2.24) is 0 Å². The standard InChI is InChI=1S/C16H24O/c1-11-9-12(2)15(13(3)10-11)5-4-6-16(17)14-7-8-14/h9-10,14,16-17H,4-8H2,1-3H3. The second-order valence-electron chi connectivity index (χ2n) is 5.67. The summed E-state index contributed by atoms with van der Waals surface area (Å²) >= 11 is 0. The summed E-state index contributed by atoms with van der Waals surface area (Å²) in [5.41, 5.74) is 5.65. The van der Waals surface area contributed by atoms with Crippen LogP contribution in [0.25, 0.3) is 0 Å². The fraction of sp³-hybridized carbons (Fsp3) is 0.625. The van der Waals surface area contributed by atoms with Crippen LogP contribution >= 0.6 is 0 Å². The first kappa shape index (κ1) is 12.6. The Labute approximate surface area is 105 Å². The quantitative estimate of drug-likeness (QED) is 0.820. The Kier molecular flexibility index (Phi) is 3.88. The Balaban J connectivity index is 1.89. The summed E-state index contributed by atoms with van der Waals surface area (Å²) in [5, 5.41) is 9.85. The zero-order chi connectivity index (χ0) is 12.4. The van der Waals surface area contributed by atoms with E-state index in [0.717, 1.165) is 19.3 Å². The first-order chi connectivity index (χ1) is 8.08. The number of benzene rings is 1. The molecular formula is C16H24O. The second kappa shape index (κ2) is 5.22. The molecule has 1 aromatic rings. The van der Waals surface area contributed by atoms with Gasteiger partial charge in [0.05, 0.1) is 6.10 Å². The molecule has 1 heteroatoms. The van der Waals surface area contributed by atoms with Gasteiger partial charge in [0.1, 0.15) is 0 Å². The minimum atomic E-state index is -0.0407. The number of hydrogen-bond acceptors (Lipinski definition) is 1. The van der Waals surface area contributed by atoms with Gasteiger partial charge in [-0.05, 0) is 75.5 Å². The lowest BCUT2D eigenvalue weighted by Gasteiger charge is -2.13. The summed E-state index contributed by atoms with van der Waals surface area (Å²) < 4.78 is 0. The first-order valence-corrected chi connectivity index (χ1v) is 6.82. The Morgan fingerprint density at radius 1 is 1.18 bits per heavy atom. The minimum absolute atomic E-state index is 0.0407. The van der Waals surface area contributed by atoms with Gasteiger partial charge in [0.15, 0.2) is 0 Å². The Bertz CT molecular complexity index is 368. The molecule has 0 aromatic heterocycles. The normalized spacial score (nSPS) is 17.2. The van der Waals surface area contributed by atoms with Gasteiger partial charge in [-0.1, -0.05) is 17.7 Å². The predicted molar refractivity (Wildman–Crippen MR) is 72.3 cm³/mol. The van der Waals surface area contributed by atoms with E-state index in [9.17, 15) is 5.11 Å². The number of aliphatic hydroxyl groups excluding tert-OH is 1. The van der Waals surface area contributed by atoms with Gasteiger partial charge in [-0.3, -0.25) is 0 Å². The Hall–Kier alpha value is -0.820. The molecule has 2 rings (SSSR count). The summed E-state index contributed by atoms with van der Waals surface area (Å²) in [4.78, 5) is 0. The van der Waals surface area contributed by atoms with Crippen LogP contribution in [0.2, 0.25) is 0 Å². The van der Waals surface area contributed by atoms with Crippen LogP contribution in [0.4, 0.5) is 0 Å². The number of aryl methyl sites for hydroxylation is 3. The molecule has 1 saturated carbocycles. The molecule has 0 heterocycles. The Morgan fingerprint density at radius 2 is 1.76 bits per heavy atom. The van der Waals surface area contributed by atoms with E-state index in [1.165, 1.54) is 35.1 Å². The van der Waals surface area contributed by atoms with Crippen LogP contribution in [0, 0.1) is 26.7 Å². The molecule has 1 atom stereocenters. The maximum absolute atomic E-state index is 9.85. The molecule has 0 saturated heterocycles. The van der Waals surface area contributed by atoms with Gasteiger partial charge < -0.3 is 5.11 Å². The van der Waals surface area contributed by atoms with Crippen molar-refractivity contribution in [2.24, 2.45) is 5.92 Å². The fourth-order valence-electron chi connectivity index (χ4n) is 2.81. The van der Waals surface area contributed by atoms with E-state index in [0.29, 0.717) is 5.92 Å². The van der Waals surface area contributed by atoms with E-state index in [2.05, 4.69) is 32.9 Å². The average Bonchev–Trinajstić information content (AvgIpc) is 3.04. The molecule has 0 amide bonds. The van der Waals surface area contributed by atoms with Gasteiger partial charge in [0, 0.05) is 0 Å². The lowest BCUT2D eigenvalue weighted by molar-refractivity contribution is 0.139. The van der Waals surface area contributed by atoms with Crippen LogP contribution in [-0.4, -0.2) is 11.2 Å². The van der Waals surface area contributed by atoms with E-state index in [1.54, 1.807) is 0 Å².